The summed E-state index contributed by atoms with van der Waals surface area (Å²) in [5.74, 6) is -0.827. The molecule has 0 amide bonds. The molecule has 9 atom stereocenters. The lowest BCUT2D eigenvalue weighted by molar-refractivity contribution is -0.254. The average Bonchev–Trinajstić information content (AvgIpc) is 3.00. The van der Waals surface area contributed by atoms with Gasteiger partial charge in [-0.2, -0.15) is 0 Å². The molecule has 7 nitrogen and oxygen atoms in total. The summed E-state index contributed by atoms with van der Waals surface area (Å²) in [6.45, 7) is 7.09. The zero-order chi connectivity index (χ0) is 23.5. The van der Waals surface area contributed by atoms with E-state index in [1.807, 2.05) is 6.92 Å². The quantitative estimate of drug-likeness (QED) is 0.520. The molecule has 1 N–H and O–H groups in total. The van der Waals surface area contributed by atoms with Crippen molar-refractivity contribution in [2.24, 2.45) is 34.5 Å². The molecular formula is C25H38O7. The molecule has 7 heteroatoms. The van der Waals surface area contributed by atoms with Crippen LogP contribution in [0.3, 0.4) is 0 Å². The third-order valence-electron chi connectivity index (χ3n) is 9.99. The summed E-state index contributed by atoms with van der Waals surface area (Å²) in [6.07, 6.45) is 5.51. The zero-order valence-corrected chi connectivity index (χ0v) is 20.0. The van der Waals surface area contributed by atoms with Crippen LogP contribution >= 0.6 is 0 Å². The van der Waals surface area contributed by atoms with Gasteiger partial charge in [0.05, 0.1) is 18.6 Å². The summed E-state index contributed by atoms with van der Waals surface area (Å²) < 4.78 is 16.5. The topological polar surface area (TPSA) is 99.1 Å². The van der Waals surface area contributed by atoms with Crippen LogP contribution in [-0.2, 0) is 28.6 Å². The first-order valence-corrected chi connectivity index (χ1v) is 12.1. The van der Waals surface area contributed by atoms with Crippen molar-refractivity contribution in [2.75, 3.05) is 7.11 Å². The average molecular weight is 451 g/mol. The van der Waals surface area contributed by atoms with E-state index in [1.54, 1.807) is 0 Å². The molecule has 4 aliphatic carbocycles. The Morgan fingerprint density at radius 2 is 1.56 bits per heavy atom. The van der Waals surface area contributed by atoms with E-state index in [0.29, 0.717) is 25.2 Å². The highest BCUT2D eigenvalue weighted by Crippen LogP contribution is 2.69. The highest BCUT2D eigenvalue weighted by molar-refractivity contribution is 5.75. The number of rotatable bonds is 3. The minimum absolute atomic E-state index is 0.0294. The van der Waals surface area contributed by atoms with Gasteiger partial charge in [-0.1, -0.05) is 13.8 Å². The maximum absolute atomic E-state index is 12.7. The summed E-state index contributed by atoms with van der Waals surface area (Å²) in [4.78, 5) is 36.3. The summed E-state index contributed by atoms with van der Waals surface area (Å²) in [6, 6.07) is 0. The van der Waals surface area contributed by atoms with Crippen LogP contribution in [0.1, 0.15) is 79.1 Å². The number of aliphatic hydroxyl groups is 1. The summed E-state index contributed by atoms with van der Waals surface area (Å²) >= 11 is 0. The standard InChI is InChI=1S/C25H38O7/c1-14(26)31-17-8-10-23(3)16(12-17)6-7-18-20(23)13-21(32-15(2)27)24(4)19(22(28)30-5)9-11-25(18,24)29/h16-21,29H,6-13H2,1-5H3/t16-,17+,18+,19+,20-,21-,23-,24-,25+/m0/s1. The van der Waals surface area contributed by atoms with Crippen molar-refractivity contribution >= 4 is 17.9 Å². The Bertz CT molecular complexity index is 795. The molecule has 0 heterocycles. The van der Waals surface area contributed by atoms with E-state index in [4.69, 9.17) is 14.2 Å². The van der Waals surface area contributed by atoms with Gasteiger partial charge in [-0.05, 0) is 74.5 Å². The molecule has 0 aromatic heterocycles. The van der Waals surface area contributed by atoms with Crippen molar-refractivity contribution in [1.29, 1.82) is 0 Å². The Hall–Kier alpha value is -1.63. The lowest BCUT2D eigenvalue weighted by atomic mass is 9.42. The fourth-order valence-electron chi connectivity index (χ4n) is 8.38. The molecule has 180 valence electrons. The van der Waals surface area contributed by atoms with Crippen LogP contribution in [0.5, 0.6) is 0 Å². The smallest absolute Gasteiger partial charge is 0.309 e. The molecule has 4 fully saturated rings. The van der Waals surface area contributed by atoms with Crippen LogP contribution in [0, 0.1) is 34.5 Å². The van der Waals surface area contributed by atoms with E-state index in [-0.39, 0.29) is 41.3 Å². The largest absolute Gasteiger partial charge is 0.469 e. The highest BCUT2D eigenvalue weighted by Gasteiger charge is 2.72. The van der Waals surface area contributed by atoms with Crippen LogP contribution in [0.25, 0.3) is 0 Å². The fraction of sp³-hybridized carbons (Fsp3) is 0.880. The summed E-state index contributed by atoms with van der Waals surface area (Å²) in [5, 5.41) is 12.3. The van der Waals surface area contributed by atoms with Gasteiger partial charge in [0.15, 0.2) is 0 Å². The Morgan fingerprint density at radius 1 is 0.875 bits per heavy atom. The van der Waals surface area contributed by atoms with E-state index in [2.05, 4.69) is 6.92 Å². The lowest BCUT2D eigenvalue weighted by Crippen LogP contribution is -2.68. The number of carbonyl (C=O) groups excluding carboxylic acids is 3. The van der Waals surface area contributed by atoms with Crippen molar-refractivity contribution in [1.82, 2.24) is 0 Å². The molecule has 0 saturated heterocycles. The number of hydrogen-bond donors (Lipinski definition) is 1. The van der Waals surface area contributed by atoms with Gasteiger partial charge in [0.2, 0.25) is 0 Å². The molecule has 0 aromatic rings. The number of fused-ring (bicyclic) bond motifs is 5. The van der Waals surface area contributed by atoms with Crippen molar-refractivity contribution < 1.29 is 33.7 Å². The first-order chi connectivity index (χ1) is 15.0. The predicted octanol–water partition coefficient (Wildman–Crippen LogP) is 3.41. The molecule has 0 bridgehead atoms. The molecule has 4 saturated carbocycles. The number of hydrogen-bond acceptors (Lipinski definition) is 7. The zero-order valence-electron chi connectivity index (χ0n) is 20.0. The molecule has 32 heavy (non-hydrogen) atoms. The maximum Gasteiger partial charge on any atom is 0.309 e. The minimum Gasteiger partial charge on any atom is -0.469 e. The molecule has 4 rings (SSSR count). The van der Waals surface area contributed by atoms with Gasteiger partial charge in [0, 0.05) is 19.3 Å². The van der Waals surface area contributed by atoms with Crippen LogP contribution in [-0.4, -0.2) is 47.9 Å². The number of ether oxygens (including phenoxy) is 3. The number of esters is 3. The van der Waals surface area contributed by atoms with Crippen LogP contribution in [0.4, 0.5) is 0 Å². The van der Waals surface area contributed by atoms with Gasteiger partial charge in [-0.25, -0.2) is 0 Å². The monoisotopic (exact) mass is 450 g/mol. The van der Waals surface area contributed by atoms with Crippen molar-refractivity contribution in [2.45, 2.75) is 96.9 Å². The van der Waals surface area contributed by atoms with E-state index in [1.165, 1.54) is 21.0 Å². The lowest BCUT2D eigenvalue weighted by Gasteiger charge is -2.64. The number of carbonyl (C=O) groups is 3. The molecule has 0 aromatic carbocycles. The third kappa shape index (κ3) is 3.29. The van der Waals surface area contributed by atoms with Crippen molar-refractivity contribution in [3.05, 3.63) is 0 Å². The SMILES string of the molecule is COC(=O)[C@H]1CC[C@@]2(O)[C@@H]3CC[C@H]4C[C@H](OC(C)=O)CC[C@]4(C)[C@H]3C[C@H](OC(C)=O)[C@]12C. The summed E-state index contributed by atoms with van der Waals surface area (Å²) in [5.41, 5.74) is -1.99. The molecule has 0 radical (unpaired) electrons. The van der Waals surface area contributed by atoms with Crippen LogP contribution in [0.2, 0.25) is 0 Å². The Balaban J connectivity index is 1.69. The van der Waals surface area contributed by atoms with Crippen molar-refractivity contribution in [3.63, 3.8) is 0 Å². The molecule has 0 spiro atoms. The van der Waals surface area contributed by atoms with Gasteiger partial charge in [-0.15, -0.1) is 0 Å². The highest BCUT2D eigenvalue weighted by atomic mass is 16.6. The van der Waals surface area contributed by atoms with E-state index in [9.17, 15) is 19.5 Å². The third-order valence-corrected chi connectivity index (χ3v) is 9.99. The molecular weight excluding hydrogens is 412 g/mol. The maximum atomic E-state index is 12.7. The van der Waals surface area contributed by atoms with Gasteiger partial charge in [0.25, 0.3) is 0 Å². The van der Waals surface area contributed by atoms with E-state index < -0.39 is 23.0 Å². The minimum atomic E-state index is -1.09. The van der Waals surface area contributed by atoms with E-state index >= 15 is 0 Å². The summed E-state index contributed by atoms with van der Waals surface area (Å²) in [7, 11) is 1.38. The Kier molecular flexibility index (Phi) is 5.88. The molecule has 4 aliphatic rings. The van der Waals surface area contributed by atoms with Crippen LogP contribution < -0.4 is 0 Å². The second-order valence-corrected chi connectivity index (χ2v) is 11.2. The Morgan fingerprint density at radius 3 is 2.19 bits per heavy atom. The van der Waals surface area contributed by atoms with E-state index in [0.717, 1.165) is 32.1 Å². The molecule has 0 unspecified atom stereocenters. The first-order valence-electron chi connectivity index (χ1n) is 12.1. The Labute approximate surface area is 190 Å². The van der Waals surface area contributed by atoms with Gasteiger partial charge in [0.1, 0.15) is 12.2 Å². The fourth-order valence-corrected chi connectivity index (χ4v) is 8.38. The normalized spacial score (nSPS) is 47.4. The second kappa shape index (κ2) is 8.00. The second-order valence-electron chi connectivity index (χ2n) is 11.2. The number of methoxy groups -OCH3 is 1. The van der Waals surface area contributed by atoms with Crippen LogP contribution in [0.15, 0.2) is 0 Å². The first kappa shape index (κ1) is 23.5. The van der Waals surface area contributed by atoms with Gasteiger partial charge in [-0.3, -0.25) is 14.4 Å². The molecule has 0 aliphatic heterocycles. The van der Waals surface area contributed by atoms with Gasteiger partial charge >= 0.3 is 17.9 Å². The van der Waals surface area contributed by atoms with Crippen molar-refractivity contribution in [3.8, 4) is 0 Å². The van der Waals surface area contributed by atoms with Gasteiger partial charge < -0.3 is 19.3 Å². The predicted molar refractivity (Wildman–Crippen MR) is 115 cm³/mol.